The molecule has 0 unspecified atom stereocenters. The first-order chi connectivity index (χ1) is 10.1. The predicted molar refractivity (Wildman–Crippen MR) is 84.9 cm³/mol. The summed E-state index contributed by atoms with van der Waals surface area (Å²) in [5.74, 6) is 5.08. The van der Waals surface area contributed by atoms with Crippen LogP contribution in [-0.4, -0.2) is 12.2 Å². The van der Waals surface area contributed by atoms with Crippen molar-refractivity contribution in [2.24, 2.45) is 35.0 Å². The van der Waals surface area contributed by atoms with Crippen LogP contribution in [0.2, 0.25) is 0 Å². The molecule has 0 aromatic rings. The van der Waals surface area contributed by atoms with Gasteiger partial charge >= 0.3 is 0 Å². The molecule has 1 nitrogen and oxygen atoms in total. The van der Waals surface area contributed by atoms with Gasteiger partial charge < -0.3 is 4.74 Å². The van der Waals surface area contributed by atoms with Gasteiger partial charge in [0.05, 0.1) is 12.2 Å². The molecule has 1 aliphatic heterocycles. The Morgan fingerprint density at radius 2 is 1.81 bits per heavy atom. The molecule has 4 aliphatic carbocycles. The maximum atomic E-state index is 5.81. The van der Waals surface area contributed by atoms with E-state index in [0.717, 1.165) is 36.2 Å². The lowest BCUT2D eigenvalue weighted by atomic mass is 9.50. The van der Waals surface area contributed by atoms with Crippen LogP contribution >= 0.6 is 0 Å². The maximum absolute atomic E-state index is 5.81. The number of epoxide rings is 1. The highest BCUT2D eigenvalue weighted by atomic mass is 16.6. The number of hydrogen-bond donors (Lipinski definition) is 0. The van der Waals surface area contributed by atoms with E-state index in [1.807, 2.05) is 0 Å². The van der Waals surface area contributed by atoms with Gasteiger partial charge in [-0.1, -0.05) is 19.1 Å². The third-order valence-corrected chi connectivity index (χ3v) is 8.59. The largest absolute Gasteiger partial charge is 0.370 e. The zero-order valence-electron chi connectivity index (χ0n) is 13.6. The van der Waals surface area contributed by atoms with E-state index in [4.69, 9.17) is 4.74 Å². The second kappa shape index (κ2) is 4.16. The molecule has 0 aromatic heterocycles. The topological polar surface area (TPSA) is 12.5 Å². The molecular weight excluding hydrogens is 256 g/mol. The third kappa shape index (κ3) is 1.73. The number of hydrogen-bond acceptors (Lipinski definition) is 1. The molecule has 0 amide bonds. The maximum Gasteiger partial charge on any atom is 0.0919 e. The van der Waals surface area contributed by atoms with Gasteiger partial charge in [0.2, 0.25) is 0 Å². The van der Waals surface area contributed by atoms with Crippen molar-refractivity contribution in [3.05, 3.63) is 12.2 Å². The Kier molecular flexibility index (Phi) is 2.61. The Morgan fingerprint density at radius 3 is 2.62 bits per heavy atom. The minimum atomic E-state index is 0.374. The summed E-state index contributed by atoms with van der Waals surface area (Å²) in [6.45, 7) is 8.06. The zero-order chi connectivity index (χ0) is 14.2. The van der Waals surface area contributed by atoms with Crippen molar-refractivity contribution in [1.29, 1.82) is 0 Å². The van der Waals surface area contributed by atoms with Crippen LogP contribution in [0, 0.1) is 35.0 Å². The lowest BCUT2D eigenvalue weighted by molar-refractivity contribution is -0.0517. The van der Waals surface area contributed by atoms with E-state index in [1.165, 1.54) is 57.8 Å². The molecule has 1 spiro atoms. The van der Waals surface area contributed by atoms with Crippen molar-refractivity contribution >= 4 is 0 Å². The van der Waals surface area contributed by atoms with E-state index in [-0.39, 0.29) is 0 Å². The van der Waals surface area contributed by atoms with E-state index in [2.05, 4.69) is 13.5 Å². The summed E-state index contributed by atoms with van der Waals surface area (Å²) >= 11 is 0. The Balaban J connectivity index is 1.40. The summed E-state index contributed by atoms with van der Waals surface area (Å²) < 4.78 is 5.81. The molecule has 1 heterocycles. The van der Waals surface area contributed by atoms with E-state index >= 15 is 0 Å². The van der Waals surface area contributed by atoms with E-state index in [0.29, 0.717) is 11.0 Å². The quantitative estimate of drug-likeness (QED) is 0.453. The second-order valence-electron chi connectivity index (χ2n) is 9.25. The van der Waals surface area contributed by atoms with Crippen LogP contribution in [0.3, 0.4) is 0 Å². The van der Waals surface area contributed by atoms with E-state index in [1.54, 1.807) is 5.57 Å². The van der Waals surface area contributed by atoms with Gasteiger partial charge in [-0.25, -0.2) is 0 Å². The van der Waals surface area contributed by atoms with Crippen molar-refractivity contribution < 1.29 is 4.74 Å². The number of ether oxygens (including phenoxy) is 1. The molecule has 21 heavy (non-hydrogen) atoms. The average Bonchev–Trinajstić information content (AvgIpc) is 3.16. The summed E-state index contributed by atoms with van der Waals surface area (Å²) in [5.41, 5.74) is 2.46. The molecular formula is C20H30O. The molecule has 4 saturated carbocycles. The first-order valence-corrected chi connectivity index (χ1v) is 9.44. The Hall–Kier alpha value is -0.300. The Bertz CT molecular complexity index is 476. The number of allylic oxidation sites excluding steroid dienone is 1. The van der Waals surface area contributed by atoms with Crippen molar-refractivity contribution in [2.75, 3.05) is 6.61 Å². The summed E-state index contributed by atoms with van der Waals surface area (Å²) in [7, 11) is 0. The van der Waals surface area contributed by atoms with Crippen molar-refractivity contribution in [3.8, 4) is 0 Å². The van der Waals surface area contributed by atoms with Crippen LogP contribution in [0.1, 0.15) is 64.7 Å². The van der Waals surface area contributed by atoms with Crippen LogP contribution in [0.4, 0.5) is 0 Å². The summed E-state index contributed by atoms with van der Waals surface area (Å²) in [6, 6.07) is 0. The van der Waals surface area contributed by atoms with Crippen molar-refractivity contribution in [1.82, 2.24) is 0 Å². The van der Waals surface area contributed by atoms with Crippen molar-refractivity contribution in [3.63, 3.8) is 0 Å². The van der Waals surface area contributed by atoms with E-state index < -0.39 is 0 Å². The fourth-order valence-corrected chi connectivity index (χ4v) is 7.22. The van der Waals surface area contributed by atoms with Gasteiger partial charge in [0.1, 0.15) is 0 Å². The van der Waals surface area contributed by atoms with Crippen LogP contribution in [0.5, 0.6) is 0 Å². The highest BCUT2D eigenvalue weighted by molar-refractivity contribution is 5.20. The highest BCUT2D eigenvalue weighted by Crippen LogP contribution is 2.64. The monoisotopic (exact) mass is 286 g/mol. The molecule has 116 valence electrons. The van der Waals surface area contributed by atoms with Gasteiger partial charge in [-0.15, -0.1) is 0 Å². The molecule has 1 heteroatoms. The summed E-state index contributed by atoms with van der Waals surface area (Å²) in [4.78, 5) is 0. The fourth-order valence-electron chi connectivity index (χ4n) is 7.22. The third-order valence-electron chi connectivity index (χ3n) is 8.59. The van der Waals surface area contributed by atoms with Gasteiger partial charge in [-0.3, -0.25) is 0 Å². The summed E-state index contributed by atoms with van der Waals surface area (Å²) in [6.07, 6.45) is 12.9. The van der Waals surface area contributed by atoms with Crippen LogP contribution < -0.4 is 0 Å². The highest BCUT2D eigenvalue weighted by Gasteiger charge is 2.58. The van der Waals surface area contributed by atoms with Crippen LogP contribution in [-0.2, 0) is 4.74 Å². The standard InChI is InChI=1S/C20H30O/c1-13-3-6-18-17-5-4-14-11-20(12-21-20)10-8-15(14)16(17)7-9-19(13,18)2/h14-18H,1,3-12H2,2H3/t14-,15+,16-,17-,18+,19-,20+/m1/s1. The van der Waals surface area contributed by atoms with Crippen LogP contribution in [0.15, 0.2) is 12.2 Å². The fraction of sp³-hybridized carbons (Fsp3) is 0.900. The smallest absolute Gasteiger partial charge is 0.0919 e. The molecule has 0 aromatic carbocycles. The molecule has 0 N–H and O–H groups in total. The number of rotatable bonds is 0. The molecule has 0 bridgehead atoms. The lowest BCUT2D eigenvalue weighted by Gasteiger charge is -2.55. The zero-order valence-corrected chi connectivity index (χ0v) is 13.6. The summed E-state index contributed by atoms with van der Waals surface area (Å²) in [5, 5.41) is 0. The van der Waals surface area contributed by atoms with Gasteiger partial charge in [0.15, 0.2) is 0 Å². The SMILES string of the molecule is C=C1CC[C@H]2[C@@H]3CC[C@@H]4C[C@@]5(CC[C@@H]4[C@H]3CC[C@]12C)CO5. The van der Waals surface area contributed by atoms with Gasteiger partial charge in [-0.05, 0) is 92.8 Å². The minimum Gasteiger partial charge on any atom is -0.370 e. The van der Waals surface area contributed by atoms with E-state index in [9.17, 15) is 0 Å². The second-order valence-corrected chi connectivity index (χ2v) is 9.25. The van der Waals surface area contributed by atoms with Gasteiger partial charge in [-0.2, -0.15) is 0 Å². The average molecular weight is 286 g/mol. The van der Waals surface area contributed by atoms with Crippen LogP contribution in [0.25, 0.3) is 0 Å². The normalized spacial score (nSPS) is 58.5. The predicted octanol–water partition coefficient (Wildman–Crippen LogP) is 4.96. The Morgan fingerprint density at radius 1 is 1.00 bits per heavy atom. The van der Waals surface area contributed by atoms with Crippen molar-refractivity contribution in [2.45, 2.75) is 70.3 Å². The molecule has 1 saturated heterocycles. The first-order valence-electron chi connectivity index (χ1n) is 9.44. The molecule has 5 rings (SSSR count). The molecule has 5 fully saturated rings. The van der Waals surface area contributed by atoms with Gasteiger partial charge in [0, 0.05) is 0 Å². The lowest BCUT2D eigenvalue weighted by Crippen LogP contribution is -2.48. The molecule has 5 aliphatic rings. The number of fused-ring (bicyclic) bond motifs is 5. The first kappa shape index (κ1) is 13.2. The minimum absolute atomic E-state index is 0.374. The molecule has 0 radical (unpaired) electrons. The Labute approximate surface area is 129 Å². The molecule has 7 atom stereocenters. The van der Waals surface area contributed by atoms with Gasteiger partial charge in [0.25, 0.3) is 0 Å².